The van der Waals surface area contributed by atoms with Crippen molar-refractivity contribution in [3.05, 3.63) is 28.2 Å². The molecule has 78 valence electrons. The first-order valence-corrected chi connectivity index (χ1v) is 5.04. The van der Waals surface area contributed by atoms with Gasteiger partial charge in [0.1, 0.15) is 11.4 Å². The fourth-order valence-electron chi connectivity index (χ4n) is 0.948. The summed E-state index contributed by atoms with van der Waals surface area (Å²) >= 11 is 11.7. The van der Waals surface area contributed by atoms with Crippen LogP contribution in [0.2, 0.25) is 10.0 Å². The first kappa shape index (κ1) is 11.6. The summed E-state index contributed by atoms with van der Waals surface area (Å²) in [4.78, 5) is 0. The van der Waals surface area contributed by atoms with Gasteiger partial charge < -0.3 is 10.5 Å². The molecular weight excluding hydrogens is 221 g/mol. The fraction of sp³-hybridized carbons (Fsp3) is 0.400. The highest BCUT2D eigenvalue weighted by Gasteiger charge is 2.17. The maximum absolute atomic E-state index is 5.83. The van der Waals surface area contributed by atoms with Gasteiger partial charge in [-0.2, -0.15) is 0 Å². The minimum Gasteiger partial charge on any atom is -0.486 e. The van der Waals surface area contributed by atoms with Gasteiger partial charge >= 0.3 is 0 Å². The van der Waals surface area contributed by atoms with Gasteiger partial charge in [-0.25, -0.2) is 0 Å². The molecule has 0 aliphatic rings. The first-order valence-electron chi connectivity index (χ1n) is 4.28. The Kier molecular flexibility index (Phi) is 3.65. The number of hydrogen-bond acceptors (Lipinski definition) is 2. The van der Waals surface area contributed by atoms with Crippen LogP contribution in [0.15, 0.2) is 18.2 Å². The number of ether oxygens (including phenoxy) is 1. The molecule has 1 rings (SSSR count). The summed E-state index contributed by atoms with van der Waals surface area (Å²) in [6.07, 6.45) is 0. The summed E-state index contributed by atoms with van der Waals surface area (Å²) in [5.74, 6) is 0.637. The minimum atomic E-state index is -0.409. The van der Waals surface area contributed by atoms with Gasteiger partial charge in [-0.1, -0.05) is 23.2 Å². The minimum absolute atomic E-state index is 0.409. The molecular formula is C10H13Cl2NO. The zero-order valence-electron chi connectivity index (χ0n) is 8.18. The van der Waals surface area contributed by atoms with E-state index in [1.807, 2.05) is 13.8 Å². The number of nitrogens with two attached hydrogens (primary N) is 1. The molecule has 0 saturated carbocycles. The van der Waals surface area contributed by atoms with Crippen LogP contribution in [0.3, 0.4) is 0 Å². The molecule has 0 amide bonds. The van der Waals surface area contributed by atoms with Crippen molar-refractivity contribution < 1.29 is 4.74 Å². The molecule has 0 fully saturated rings. The standard InChI is InChI=1S/C10H13Cl2NO/c1-10(2,6-13)14-9-4-7(11)3-8(12)5-9/h3-5H,6,13H2,1-2H3. The predicted molar refractivity (Wildman–Crippen MR) is 60.2 cm³/mol. The second kappa shape index (κ2) is 4.39. The van der Waals surface area contributed by atoms with Gasteiger partial charge in [0.15, 0.2) is 0 Å². The molecule has 0 aliphatic heterocycles. The Bertz CT molecular complexity index is 306. The van der Waals surface area contributed by atoms with Crippen LogP contribution in [0, 0.1) is 0 Å². The Balaban J connectivity index is 2.87. The van der Waals surface area contributed by atoms with Crippen LogP contribution < -0.4 is 10.5 Å². The molecule has 14 heavy (non-hydrogen) atoms. The van der Waals surface area contributed by atoms with E-state index in [1.54, 1.807) is 18.2 Å². The Labute approximate surface area is 94.0 Å². The summed E-state index contributed by atoms with van der Waals surface area (Å²) in [6, 6.07) is 5.08. The van der Waals surface area contributed by atoms with Crippen LogP contribution in [0.5, 0.6) is 5.75 Å². The third kappa shape index (κ3) is 3.37. The average molecular weight is 234 g/mol. The van der Waals surface area contributed by atoms with Crippen LogP contribution in [-0.4, -0.2) is 12.1 Å². The summed E-state index contributed by atoms with van der Waals surface area (Å²) in [5, 5.41) is 1.11. The molecule has 0 bridgehead atoms. The van der Waals surface area contributed by atoms with Crippen molar-refractivity contribution in [1.29, 1.82) is 0 Å². The van der Waals surface area contributed by atoms with Crippen molar-refractivity contribution in [1.82, 2.24) is 0 Å². The SMILES string of the molecule is CC(C)(CN)Oc1cc(Cl)cc(Cl)c1. The van der Waals surface area contributed by atoms with Gasteiger partial charge in [0.25, 0.3) is 0 Å². The molecule has 2 nitrogen and oxygen atoms in total. The van der Waals surface area contributed by atoms with E-state index in [0.717, 1.165) is 0 Å². The topological polar surface area (TPSA) is 35.2 Å². The highest BCUT2D eigenvalue weighted by atomic mass is 35.5. The van der Waals surface area contributed by atoms with Gasteiger partial charge in [0.05, 0.1) is 0 Å². The predicted octanol–water partition coefficient (Wildman–Crippen LogP) is 3.11. The lowest BCUT2D eigenvalue weighted by Gasteiger charge is -2.24. The molecule has 0 saturated heterocycles. The molecule has 4 heteroatoms. The second-order valence-electron chi connectivity index (χ2n) is 3.67. The zero-order chi connectivity index (χ0) is 10.8. The Morgan fingerprint density at radius 2 is 1.71 bits per heavy atom. The van der Waals surface area contributed by atoms with Crippen LogP contribution in [0.1, 0.15) is 13.8 Å². The molecule has 1 aromatic rings. The van der Waals surface area contributed by atoms with Gasteiger partial charge in [-0.05, 0) is 32.0 Å². The highest BCUT2D eigenvalue weighted by molar-refractivity contribution is 6.34. The van der Waals surface area contributed by atoms with E-state index in [-0.39, 0.29) is 0 Å². The van der Waals surface area contributed by atoms with E-state index in [9.17, 15) is 0 Å². The van der Waals surface area contributed by atoms with Crippen molar-refractivity contribution in [3.8, 4) is 5.75 Å². The quantitative estimate of drug-likeness (QED) is 0.871. The largest absolute Gasteiger partial charge is 0.486 e. The van der Waals surface area contributed by atoms with Crippen LogP contribution in [0.4, 0.5) is 0 Å². The third-order valence-corrected chi connectivity index (χ3v) is 2.16. The number of rotatable bonds is 3. The zero-order valence-corrected chi connectivity index (χ0v) is 9.69. The van der Waals surface area contributed by atoms with E-state index in [2.05, 4.69) is 0 Å². The molecule has 0 aromatic heterocycles. The number of halogens is 2. The summed E-state index contributed by atoms with van der Waals surface area (Å²) in [7, 11) is 0. The van der Waals surface area contributed by atoms with Gasteiger partial charge in [-0.3, -0.25) is 0 Å². The highest BCUT2D eigenvalue weighted by Crippen LogP contribution is 2.26. The van der Waals surface area contributed by atoms with Crippen LogP contribution in [0.25, 0.3) is 0 Å². The molecule has 0 aliphatic carbocycles. The first-order chi connectivity index (χ1) is 6.43. The molecule has 0 heterocycles. The molecule has 2 N–H and O–H groups in total. The summed E-state index contributed by atoms with van der Waals surface area (Å²) < 4.78 is 5.62. The van der Waals surface area contributed by atoms with E-state index < -0.39 is 5.60 Å². The maximum Gasteiger partial charge on any atom is 0.123 e. The molecule has 0 unspecified atom stereocenters. The smallest absolute Gasteiger partial charge is 0.123 e. The maximum atomic E-state index is 5.83. The molecule has 1 aromatic carbocycles. The third-order valence-electron chi connectivity index (χ3n) is 1.72. The average Bonchev–Trinajstić information content (AvgIpc) is 2.01. The lowest BCUT2D eigenvalue weighted by Crippen LogP contribution is -2.37. The Hall–Kier alpha value is -0.440. The van der Waals surface area contributed by atoms with Gasteiger partial charge in [-0.15, -0.1) is 0 Å². The van der Waals surface area contributed by atoms with Crippen molar-refractivity contribution in [3.63, 3.8) is 0 Å². The van der Waals surface area contributed by atoms with E-state index in [4.69, 9.17) is 33.7 Å². The van der Waals surface area contributed by atoms with Gasteiger partial charge in [0.2, 0.25) is 0 Å². The van der Waals surface area contributed by atoms with Crippen molar-refractivity contribution in [2.75, 3.05) is 6.54 Å². The number of benzene rings is 1. The number of hydrogen-bond donors (Lipinski definition) is 1. The second-order valence-corrected chi connectivity index (χ2v) is 4.54. The lowest BCUT2D eigenvalue weighted by atomic mass is 10.1. The van der Waals surface area contributed by atoms with Crippen LogP contribution in [-0.2, 0) is 0 Å². The summed E-state index contributed by atoms with van der Waals surface area (Å²) in [5.41, 5.74) is 5.13. The monoisotopic (exact) mass is 233 g/mol. The van der Waals surface area contributed by atoms with Crippen LogP contribution >= 0.6 is 23.2 Å². The Morgan fingerprint density at radius 1 is 1.21 bits per heavy atom. The van der Waals surface area contributed by atoms with Crippen molar-refractivity contribution >= 4 is 23.2 Å². The Morgan fingerprint density at radius 3 is 2.14 bits per heavy atom. The van der Waals surface area contributed by atoms with Crippen molar-refractivity contribution in [2.45, 2.75) is 19.4 Å². The normalized spacial score (nSPS) is 11.5. The lowest BCUT2D eigenvalue weighted by molar-refractivity contribution is 0.119. The van der Waals surface area contributed by atoms with E-state index in [0.29, 0.717) is 22.3 Å². The molecule has 0 atom stereocenters. The van der Waals surface area contributed by atoms with Crippen molar-refractivity contribution in [2.24, 2.45) is 5.73 Å². The fourth-order valence-corrected chi connectivity index (χ4v) is 1.45. The van der Waals surface area contributed by atoms with E-state index >= 15 is 0 Å². The molecule has 0 radical (unpaired) electrons. The molecule has 0 spiro atoms. The van der Waals surface area contributed by atoms with Gasteiger partial charge in [0, 0.05) is 16.6 Å². The van der Waals surface area contributed by atoms with E-state index in [1.165, 1.54) is 0 Å². The summed E-state index contributed by atoms with van der Waals surface area (Å²) in [6.45, 7) is 4.24.